The van der Waals surface area contributed by atoms with Gasteiger partial charge in [0.05, 0.1) is 12.5 Å². The Hall–Kier alpha value is -1.81. The van der Waals surface area contributed by atoms with Crippen molar-refractivity contribution < 1.29 is 8.81 Å². The Morgan fingerprint density at radius 2 is 2.21 bits per heavy atom. The zero-order chi connectivity index (χ0) is 13.2. The molecule has 4 heteroatoms. The summed E-state index contributed by atoms with van der Waals surface area (Å²) in [5, 5.41) is 3.34. The average molecular weight is 260 g/mol. The minimum atomic E-state index is -0.209. The maximum Gasteiger partial charge on any atom is 0.125 e. The molecule has 1 N–H and O–H groups in total. The molecule has 3 rings (SSSR count). The Balaban J connectivity index is 1.97. The molecule has 2 heterocycles. The fourth-order valence-corrected chi connectivity index (χ4v) is 2.56. The second-order valence-corrected chi connectivity index (χ2v) is 4.96. The third-order valence-electron chi connectivity index (χ3n) is 3.57. The van der Waals surface area contributed by atoms with Crippen LogP contribution in [0.5, 0.6) is 0 Å². The summed E-state index contributed by atoms with van der Waals surface area (Å²) in [7, 11) is 0. The number of piperazine rings is 1. The molecule has 1 aromatic carbocycles. The highest BCUT2D eigenvalue weighted by Gasteiger charge is 2.19. The zero-order valence-electron chi connectivity index (χ0n) is 10.9. The molecule has 1 aliphatic rings. The third kappa shape index (κ3) is 2.49. The van der Waals surface area contributed by atoms with E-state index < -0.39 is 0 Å². The van der Waals surface area contributed by atoms with Crippen LogP contribution in [0, 0.1) is 5.82 Å². The molecule has 1 fully saturated rings. The molecule has 1 atom stereocenters. The molecule has 2 aromatic rings. The van der Waals surface area contributed by atoms with Gasteiger partial charge in [-0.05, 0) is 36.8 Å². The lowest BCUT2D eigenvalue weighted by atomic mass is 10.1. The van der Waals surface area contributed by atoms with Gasteiger partial charge >= 0.3 is 0 Å². The lowest BCUT2D eigenvalue weighted by Gasteiger charge is -2.36. The van der Waals surface area contributed by atoms with E-state index >= 15 is 0 Å². The van der Waals surface area contributed by atoms with Gasteiger partial charge in [-0.2, -0.15) is 0 Å². The summed E-state index contributed by atoms with van der Waals surface area (Å²) in [6.07, 6.45) is 3.24. The van der Waals surface area contributed by atoms with Crippen LogP contribution in [0.1, 0.15) is 6.92 Å². The molecule has 1 aliphatic heterocycles. The monoisotopic (exact) mass is 260 g/mol. The van der Waals surface area contributed by atoms with Gasteiger partial charge in [0.25, 0.3) is 0 Å². The molecule has 100 valence electrons. The normalized spacial score (nSPS) is 19.7. The van der Waals surface area contributed by atoms with Gasteiger partial charge in [-0.25, -0.2) is 4.39 Å². The van der Waals surface area contributed by atoms with Gasteiger partial charge < -0.3 is 14.6 Å². The van der Waals surface area contributed by atoms with Crippen LogP contribution in [0.15, 0.2) is 41.2 Å². The van der Waals surface area contributed by atoms with Crippen molar-refractivity contribution in [3.63, 3.8) is 0 Å². The first-order valence-corrected chi connectivity index (χ1v) is 6.54. The molecule has 19 heavy (non-hydrogen) atoms. The van der Waals surface area contributed by atoms with Crippen molar-refractivity contribution in [3.05, 3.63) is 42.6 Å². The van der Waals surface area contributed by atoms with E-state index in [1.54, 1.807) is 24.7 Å². The Bertz CT molecular complexity index is 553. The van der Waals surface area contributed by atoms with Gasteiger partial charge in [-0.1, -0.05) is 0 Å². The van der Waals surface area contributed by atoms with E-state index in [-0.39, 0.29) is 5.82 Å². The highest BCUT2D eigenvalue weighted by atomic mass is 19.1. The number of nitrogens with zero attached hydrogens (tertiary/aromatic N) is 1. The largest absolute Gasteiger partial charge is 0.472 e. The molecule has 1 saturated heterocycles. The van der Waals surface area contributed by atoms with Crippen LogP contribution in [0.25, 0.3) is 11.1 Å². The van der Waals surface area contributed by atoms with E-state index in [4.69, 9.17) is 4.42 Å². The van der Waals surface area contributed by atoms with Crippen LogP contribution in [-0.4, -0.2) is 25.7 Å². The predicted octanol–water partition coefficient (Wildman–Crippen LogP) is 2.88. The molecule has 0 spiro atoms. The highest BCUT2D eigenvalue weighted by molar-refractivity contribution is 5.68. The van der Waals surface area contributed by atoms with Crippen LogP contribution < -0.4 is 10.2 Å². The van der Waals surface area contributed by atoms with Crippen molar-refractivity contribution in [2.45, 2.75) is 13.0 Å². The molecule has 3 nitrogen and oxygen atoms in total. The number of rotatable bonds is 2. The molecular weight excluding hydrogens is 243 g/mol. The standard InChI is InChI=1S/C15H17FN2O/c1-11-9-17-3-4-18(11)15-7-13(6-14(16)8-15)12-2-5-19-10-12/h2,5-8,10-11,17H,3-4,9H2,1H3/t11-/m1/s1. The topological polar surface area (TPSA) is 28.4 Å². The Kier molecular flexibility index (Phi) is 3.25. The quantitative estimate of drug-likeness (QED) is 0.900. The maximum atomic E-state index is 13.8. The van der Waals surface area contributed by atoms with Gasteiger partial charge in [0.15, 0.2) is 0 Å². The summed E-state index contributed by atoms with van der Waals surface area (Å²) >= 11 is 0. The van der Waals surface area contributed by atoms with Crippen molar-refractivity contribution in [2.24, 2.45) is 0 Å². The van der Waals surface area contributed by atoms with Crippen molar-refractivity contribution >= 4 is 5.69 Å². The van der Waals surface area contributed by atoms with Crippen LogP contribution in [0.2, 0.25) is 0 Å². The number of furan rings is 1. The van der Waals surface area contributed by atoms with E-state index in [0.717, 1.165) is 36.4 Å². The SMILES string of the molecule is C[C@@H]1CNCCN1c1cc(F)cc(-c2ccoc2)c1. The van der Waals surface area contributed by atoms with E-state index in [9.17, 15) is 4.39 Å². The summed E-state index contributed by atoms with van der Waals surface area (Å²) < 4.78 is 18.9. The molecule has 1 aromatic heterocycles. The van der Waals surface area contributed by atoms with E-state index in [0.29, 0.717) is 6.04 Å². The minimum Gasteiger partial charge on any atom is -0.472 e. The average Bonchev–Trinajstić information content (AvgIpc) is 2.92. The van der Waals surface area contributed by atoms with E-state index in [2.05, 4.69) is 17.1 Å². The molecule has 0 bridgehead atoms. The van der Waals surface area contributed by atoms with E-state index in [1.807, 2.05) is 12.1 Å². The lowest BCUT2D eigenvalue weighted by Crippen LogP contribution is -2.49. The van der Waals surface area contributed by atoms with Crippen LogP contribution in [-0.2, 0) is 0 Å². The summed E-state index contributed by atoms with van der Waals surface area (Å²) in [6.45, 7) is 4.91. The van der Waals surface area contributed by atoms with Crippen LogP contribution >= 0.6 is 0 Å². The zero-order valence-corrected chi connectivity index (χ0v) is 10.9. The number of benzene rings is 1. The minimum absolute atomic E-state index is 0.209. The fraction of sp³-hybridized carbons (Fsp3) is 0.333. The van der Waals surface area contributed by atoms with Gasteiger partial charge in [-0.15, -0.1) is 0 Å². The number of nitrogens with one attached hydrogen (secondary N) is 1. The first-order chi connectivity index (χ1) is 9.24. The fourth-order valence-electron chi connectivity index (χ4n) is 2.56. The molecule has 0 saturated carbocycles. The molecule has 0 amide bonds. The Morgan fingerprint density at radius 1 is 1.32 bits per heavy atom. The van der Waals surface area contributed by atoms with Crippen LogP contribution in [0.3, 0.4) is 0 Å². The van der Waals surface area contributed by atoms with E-state index in [1.165, 1.54) is 0 Å². The van der Waals surface area contributed by atoms with Crippen molar-refractivity contribution in [3.8, 4) is 11.1 Å². The molecule has 0 radical (unpaired) electrons. The molecule has 0 aliphatic carbocycles. The Labute approximate surface area is 112 Å². The van der Waals surface area contributed by atoms with Crippen molar-refractivity contribution in [1.29, 1.82) is 0 Å². The third-order valence-corrected chi connectivity index (χ3v) is 3.57. The molecular formula is C15H17FN2O. The van der Waals surface area contributed by atoms with Crippen LogP contribution in [0.4, 0.5) is 10.1 Å². The van der Waals surface area contributed by atoms with Gasteiger partial charge in [0.1, 0.15) is 5.82 Å². The summed E-state index contributed by atoms with van der Waals surface area (Å²) in [4.78, 5) is 2.24. The van der Waals surface area contributed by atoms with Crippen molar-refractivity contribution in [1.82, 2.24) is 5.32 Å². The second-order valence-electron chi connectivity index (χ2n) is 4.96. The lowest BCUT2D eigenvalue weighted by molar-refractivity contribution is 0.499. The number of anilines is 1. The van der Waals surface area contributed by atoms with Gasteiger partial charge in [0, 0.05) is 36.9 Å². The predicted molar refractivity (Wildman–Crippen MR) is 73.8 cm³/mol. The Morgan fingerprint density at radius 3 is 2.95 bits per heavy atom. The maximum absolute atomic E-state index is 13.8. The number of hydrogen-bond acceptors (Lipinski definition) is 3. The number of hydrogen-bond donors (Lipinski definition) is 1. The molecule has 0 unspecified atom stereocenters. The summed E-state index contributed by atoms with van der Waals surface area (Å²) in [5.74, 6) is -0.209. The van der Waals surface area contributed by atoms with Gasteiger partial charge in [-0.3, -0.25) is 0 Å². The van der Waals surface area contributed by atoms with Crippen molar-refractivity contribution in [2.75, 3.05) is 24.5 Å². The first kappa shape index (κ1) is 12.2. The van der Waals surface area contributed by atoms with Gasteiger partial charge in [0.2, 0.25) is 0 Å². The highest BCUT2D eigenvalue weighted by Crippen LogP contribution is 2.28. The first-order valence-electron chi connectivity index (χ1n) is 6.54. The summed E-state index contributed by atoms with van der Waals surface area (Å²) in [6, 6.07) is 7.38. The second kappa shape index (κ2) is 5.05. The smallest absolute Gasteiger partial charge is 0.125 e. The summed E-state index contributed by atoms with van der Waals surface area (Å²) in [5.41, 5.74) is 2.70. The number of halogens is 1.